The highest BCUT2D eigenvalue weighted by atomic mass is 32.1. The van der Waals surface area contributed by atoms with Crippen LogP contribution in [-0.4, -0.2) is 59.2 Å². The summed E-state index contributed by atoms with van der Waals surface area (Å²) in [7, 11) is 0. The SMILES string of the molecule is CC(C)CC(NC(=O)C(NC(=O)C(CS)NC(=O)CN)C(C)C)C(=O)O. The van der Waals surface area contributed by atoms with E-state index in [1.807, 2.05) is 13.8 Å². The van der Waals surface area contributed by atoms with E-state index in [-0.39, 0.29) is 30.6 Å². The average molecular weight is 391 g/mol. The number of thiol groups is 1. The van der Waals surface area contributed by atoms with Crippen LogP contribution >= 0.6 is 12.6 Å². The van der Waals surface area contributed by atoms with Crippen LogP contribution in [0.4, 0.5) is 0 Å². The fourth-order valence-electron chi connectivity index (χ4n) is 2.19. The number of hydrogen-bond donors (Lipinski definition) is 6. The van der Waals surface area contributed by atoms with Crippen LogP contribution in [0.15, 0.2) is 0 Å². The van der Waals surface area contributed by atoms with Crippen molar-refractivity contribution in [3.05, 3.63) is 0 Å². The molecule has 0 aliphatic heterocycles. The quantitative estimate of drug-likeness (QED) is 0.252. The Kier molecular flexibility index (Phi) is 10.9. The molecule has 0 fully saturated rings. The van der Waals surface area contributed by atoms with E-state index in [0.29, 0.717) is 0 Å². The molecule has 9 nitrogen and oxygen atoms in total. The number of aliphatic carboxylic acids is 1. The maximum absolute atomic E-state index is 12.5. The number of nitrogens with two attached hydrogens (primary N) is 1. The predicted octanol–water partition coefficient (Wildman–Crippen LogP) is -0.884. The minimum absolute atomic E-state index is 0.0229. The Hall–Kier alpha value is -1.81. The van der Waals surface area contributed by atoms with Gasteiger partial charge in [0.15, 0.2) is 0 Å². The van der Waals surface area contributed by atoms with E-state index in [1.54, 1.807) is 13.8 Å². The lowest BCUT2D eigenvalue weighted by molar-refractivity contribution is -0.143. The van der Waals surface area contributed by atoms with Crippen LogP contribution in [0.5, 0.6) is 0 Å². The van der Waals surface area contributed by atoms with Crippen LogP contribution in [0.3, 0.4) is 0 Å². The smallest absolute Gasteiger partial charge is 0.326 e. The Morgan fingerprint density at radius 3 is 1.92 bits per heavy atom. The zero-order chi connectivity index (χ0) is 20.4. The molecule has 0 aliphatic rings. The maximum atomic E-state index is 12.5. The molecule has 0 saturated heterocycles. The molecule has 0 bridgehead atoms. The number of carbonyl (C=O) groups is 4. The van der Waals surface area contributed by atoms with Crippen molar-refractivity contribution in [3.63, 3.8) is 0 Å². The summed E-state index contributed by atoms with van der Waals surface area (Å²) in [6.45, 7) is 6.86. The van der Waals surface area contributed by atoms with Gasteiger partial charge in [0, 0.05) is 5.75 Å². The molecular formula is C16H30N4O5S. The molecule has 0 heterocycles. The third-order valence-electron chi connectivity index (χ3n) is 3.59. The van der Waals surface area contributed by atoms with Gasteiger partial charge >= 0.3 is 5.97 Å². The first-order valence-electron chi connectivity index (χ1n) is 8.47. The van der Waals surface area contributed by atoms with E-state index in [0.717, 1.165) is 0 Å². The Morgan fingerprint density at radius 2 is 1.54 bits per heavy atom. The van der Waals surface area contributed by atoms with Crippen molar-refractivity contribution in [1.82, 2.24) is 16.0 Å². The largest absolute Gasteiger partial charge is 0.480 e. The van der Waals surface area contributed by atoms with E-state index in [1.165, 1.54) is 0 Å². The second kappa shape index (κ2) is 11.7. The molecule has 0 aliphatic carbocycles. The van der Waals surface area contributed by atoms with E-state index in [2.05, 4.69) is 28.6 Å². The van der Waals surface area contributed by atoms with Crippen molar-refractivity contribution in [1.29, 1.82) is 0 Å². The van der Waals surface area contributed by atoms with E-state index in [9.17, 15) is 24.3 Å². The topological polar surface area (TPSA) is 151 Å². The zero-order valence-corrected chi connectivity index (χ0v) is 16.5. The van der Waals surface area contributed by atoms with Crippen LogP contribution in [0.1, 0.15) is 34.1 Å². The van der Waals surface area contributed by atoms with Gasteiger partial charge in [0.2, 0.25) is 17.7 Å². The lowest BCUT2D eigenvalue weighted by Gasteiger charge is -2.26. The minimum atomic E-state index is -1.13. The average Bonchev–Trinajstić information content (AvgIpc) is 2.55. The monoisotopic (exact) mass is 390 g/mol. The van der Waals surface area contributed by atoms with Crippen LogP contribution < -0.4 is 21.7 Å². The number of nitrogens with one attached hydrogen (secondary N) is 3. The molecule has 10 heteroatoms. The van der Waals surface area contributed by atoms with E-state index >= 15 is 0 Å². The van der Waals surface area contributed by atoms with Crippen molar-refractivity contribution in [2.24, 2.45) is 17.6 Å². The van der Waals surface area contributed by atoms with Gasteiger partial charge < -0.3 is 26.8 Å². The summed E-state index contributed by atoms with van der Waals surface area (Å²) in [6, 6.07) is -2.94. The fraction of sp³-hybridized carbons (Fsp3) is 0.750. The maximum Gasteiger partial charge on any atom is 0.326 e. The standard InChI is InChI=1S/C16H30N4O5S/c1-8(2)5-10(16(24)25)19-15(23)13(9(3)4)20-14(22)11(7-26)18-12(21)6-17/h8-11,13,26H,5-7,17H2,1-4H3,(H,18,21)(H,19,23)(H,20,22)(H,24,25). The third-order valence-corrected chi connectivity index (χ3v) is 3.95. The van der Waals surface area contributed by atoms with Gasteiger partial charge in [0.1, 0.15) is 18.1 Å². The van der Waals surface area contributed by atoms with Crippen molar-refractivity contribution >= 4 is 36.3 Å². The van der Waals surface area contributed by atoms with Gasteiger partial charge in [-0.05, 0) is 18.3 Å². The number of carbonyl (C=O) groups excluding carboxylic acids is 3. The molecular weight excluding hydrogens is 360 g/mol. The lowest BCUT2D eigenvalue weighted by atomic mass is 10.00. The second-order valence-corrected chi connectivity index (χ2v) is 7.13. The first kappa shape index (κ1) is 24.2. The predicted molar refractivity (Wildman–Crippen MR) is 101 cm³/mol. The van der Waals surface area contributed by atoms with Crippen LogP contribution in [0, 0.1) is 11.8 Å². The summed E-state index contributed by atoms with van der Waals surface area (Å²) in [4.78, 5) is 47.5. The highest BCUT2D eigenvalue weighted by Crippen LogP contribution is 2.08. The van der Waals surface area contributed by atoms with Crippen LogP contribution in [-0.2, 0) is 19.2 Å². The van der Waals surface area contributed by atoms with Gasteiger partial charge in [-0.15, -0.1) is 0 Å². The summed E-state index contributed by atoms with van der Waals surface area (Å²) in [5, 5.41) is 16.7. The molecule has 0 saturated carbocycles. The molecule has 0 spiro atoms. The summed E-state index contributed by atoms with van der Waals surface area (Å²) >= 11 is 4.02. The van der Waals surface area contributed by atoms with Gasteiger partial charge in [-0.3, -0.25) is 14.4 Å². The zero-order valence-electron chi connectivity index (χ0n) is 15.6. The number of rotatable bonds is 11. The van der Waals surface area contributed by atoms with Crippen LogP contribution in [0.25, 0.3) is 0 Å². The Labute approximate surface area is 159 Å². The van der Waals surface area contributed by atoms with E-state index < -0.39 is 41.8 Å². The molecule has 3 atom stereocenters. The van der Waals surface area contributed by atoms with Crippen molar-refractivity contribution in [2.45, 2.75) is 52.2 Å². The fourth-order valence-corrected chi connectivity index (χ4v) is 2.45. The highest BCUT2D eigenvalue weighted by Gasteiger charge is 2.31. The molecule has 150 valence electrons. The minimum Gasteiger partial charge on any atom is -0.480 e. The molecule has 3 unspecified atom stereocenters. The van der Waals surface area contributed by atoms with E-state index in [4.69, 9.17) is 5.73 Å². The van der Waals surface area contributed by atoms with Crippen molar-refractivity contribution in [2.75, 3.05) is 12.3 Å². The van der Waals surface area contributed by atoms with Gasteiger partial charge in [-0.2, -0.15) is 12.6 Å². The number of hydrogen-bond acceptors (Lipinski definition) is 6. The molecule has 26 heavy (non-hydrogen) atoms. The van der Waals surface area contributed by atoms with Crippen molar-refractivity contribution in [3.8, 4) is 0 Å². The van der Waals surface area contributed by atoms with Crippen LogP contribution in [0.2, 0.25) is 0 Å². The molecule has 0 radical (unpaired) electrons. The normalized spacial score (nSPS) is 14.5. The van der Waals surface area contributed by atoms with Crippen molar-refractivity contribution < 1.29 is 24.3 Å². The third kappa shape index (κ3) is 8.52. The summed E-state index contributed by atoms with van der Waals surface area (Å²) in [6.07, 6.45) is 0.270. The van der Waals surface area contributed by atoms with Gasteiger partial charge in [-0.25, -0.2) is 4.79 Å². The lowest BCUT2D eigenvalue weighted by Crippen LogP contribution is -2.58. The first-order valence-corrected chi connectivity index (χ1v) is 9.10. The number of amides is 3. The van der Waals surface area contributed by atoms with Gasteiger partial charge in [0.05, 0.1) is 6.54 Å². The summed E-state index contributed by atoms with van der Waals surface area (Å²) in [5.74, 6) is -3.04. The molecule has 6 N–H and O–H groups in total. The highest BCUT2D eigenvalue weighted by molar-refractivity contribution is 7.80. The molecule has 0 rings (SSSR count). The second-order valence-electron chi connectivity index (χ2n) is 6.77. The number of carboxylic acids is 1. The molecule has 0 aromatic heterocycles. The Balaban J connectivity index is 5.10. The van der Waals surface area contributed by atoms with Gasteiger partial charge in [0.25, 0.3) is 0 Å². The Bertz CT molecular complexity index is 513. The summed E-state index contributed by atoms with van der Waals surface area (Å²) < 4.78 is 0. The summed E-state index contributed by atoms with van der Waals surface area (Å²) in [5.41, 5.74) is 5.21. The molecule has 3 amide bonds. The molecule has 0 aromatic rings. The first-order chi connectivity index (χ1) is 12.0. The molecule has 0 aromatic carbocycles. The van der Waals surface area contributed by atoms with Gasteiger partial charge in [-0.1, -0.05) is 27.7 Å². The number of carboxylic acid groups (broad SMARTS) is 1. The Morgan fingerprint density at radius 1 is 0.962 bits per heavy atom.